The van der Waals surface area contributed by atoms with Gasteiger partial charge in [0.15, 0.2) is 0 Å². The summed E-state index contributed by atoms with van der Waals surface area (Å²) in [4.78, 5) is 26.5. The number of amides is 1. The molecule has 0 bridgehead atoms. The molecule has 18 heavy (non-hydrogen) atoms. The van der Waals surface area contributed by atoms with Gasteiger partial charge in [0.2, 0.25) is 0 Å². The fourth-order valence-corrected chi connectivity index (χ4v) is 1.70. The topological polar surface area (TPSA) is 92.9 Å². The van der Waals surface area contributed by atoms with Crippen LogP contribution in [0.4, 0.5) is 10.5 Å². The summed E-state index contributed by atoms with van der Waals surface area (Å²) in [6.45, 7) is 5.54. The fraction of sp³-hybridized carbons (Fsp3) is 0.333. The summed E-state index contributed by atoms with van der Waals surface area (Å²) >= 11 is 0. The van der Waals surface area contributed by atoms with Gasteiger partial charge < -0.3 is 16.0 Å². The summed E-state index contributed by atoms with van der Waals surface area (Å²) in [7, 11) is 0. The van der Waals surface area contributed by atoms with Crippen LogP contribution in [0.3, 0.4) is 0 Å². The number of hydrogen-bond acceptors (Lipinski definition) is 3. The molecule has 4 N–H and O–H groups in total. The predicted molar refractivity (Wildman–Crippen MR) is 70.7 cm³/mol. The van der Waals surface area contributed by atoms with Crippen molar-refractivity contribution in [1.82, 2.24) is 14.9 Å². The average molecular weight is 248 g/mol. The number of imidazole rings is 1. The van der Waals surface area contributed by atoms with Crippen LogP contribution in [0.2, 0.25) is 0 Å². The number of nitrogens with zero attached hydrogens (tertiary/aromatic N) is 1. The van der Waals surface area contributed by atoms with Crippen molar-refractivity contribution in [2.24, 2.45) is 0 Å². The maximum Gasteiger partial charge on any atom is 0.334 e. The van der Waals surface area contributed by atoms with E-state index in [2.05, 4.69) is 10.3 Å². The first-order valence-electron chi connectivity index (χ1n) is 5.61. The minimum atomic E-state index is -0.475. The van der Waals surface area contributed by atoms with Crippen molar-refractivity contribution in [2.45, 2.75) is 26.3 Å². The summed E-state index contributed by atoms with van der Waals surface area (Å²) in [6.07, 6.45) is 0. The van der Waals surface area contributed by atoms with Crippen molar-refractivity contribution in [1.29, 1.82) is 0 Å². The number of hydrogen-bond donors (Lipinski definition) is 3. The smallest absolute Gasteiger partial charge is 0.334 e. The Morgan fingerprint density at radius 2 is 2.06 bits per heavy atom. The summed E-state index contributed by atoms with van der Waals surface area (Å²) in [5.41, 5.74) is 6.33. The van der Waals surface area contributed by atoms with E-state index in [0.29, 0.717) is 16.7 Å². The Labute approximate surface area is 104 Å². The van der Waals surface area contributed by atoms with Crippen LogP contribution in [0.1, 0.15) is 20.8 Å². The Kier molecular flexibility index (Phi) is 2.65. The molecule has 0 saturated heterocycles. The molecule has 0 aliphatic rings. The van der Waals surface area contributed by atoms with Gasteiger partial charge in [0.25, 0.3) is 0 Å². The molecule has 6 nitrogen and oxygen atoms in total. The van der Waals surface area contributed by atoms with Gasteiger partial charge in [-0.2, -0.15) is 0 Å². The molecule has 0 radical (unpaired) electrons. The average Bonchev–Trinajstić information content (AvgIpc) is 2.50. The number of rotatable bonds is 0. The number of nitrogens with two attached hydrogens (primary N) is 1. The van der Waals surface area contributed by atoms with Crippen LogP contribution >= 0.6 is 0 Å². The maximum absolute atomic E-state index is 12.1. The zero-order chi connectivity index (χ0) is 13.5. The van der Waals surface area contributed by atoms with Gasteiger partial charge in [0.05, 0.1) is 11.0 Å². The second kappa shape index (κ2) is 3.90. The second-order valence-electron chi connectivity index (χ2n) is 5.22. The highest BCUT2D eigenvalue weighted by atomic mass is 16.2. The number of aromatic amines is 1. The van der Waals surface area contributed by atoms with E-state index in [1.54, 1.807) is 18.2 Å². The molecule has 0 saturated carbocycles. The Bertz CT molecular complexity index is 661. The third-order valence-electron chi connectivity index (χ3n) is 2.39. The largest absolute Gasteiger partial charge is 0.399 e. The summed E-state index contributed by atoms with van der Waals surface area (Å²) in [6, 6.07) is 4.47. The van der Waals surface area contributed by atoms with Gasteiger partial charge in [-0.3, -0.25) is 0 Å². The molecule has 1 amide bonds. The minimum absolute atomic E-state index is 0.416. The lowest BCUT2D eigenvalue weighted by Crippen LogP contribution is -2.45. The molecule has 0 fully saturated rings. The van der Waals surface area contributed by atoms with Crippen LogP contribution in [-0.2, 0) is 0 Å². The van der Waals surface area contributed by atoms with Crippen LogP contribution in [0.25, 0.3) is 11.0 Å². The summed E-state index contributed by atoms with van der Waals surface area (Å²) in [5, 5.41) is 2.74. The Morgan fingerprint density at radius 1 is 1.39 bits per heavy atom. The van der Waals surface area contributed by atoms with Crippen LogP contribution in [0.15, 0.2) is 23.0 Å². The van der Waals surface area contributed by atoms with E-state index < -0.39 is 17.3 Å². The third kappa shape index (κ3) is 2.22. The van der Waals surface area contributed by atoms with Gasteiger partial charge >= 0.3 is 11.7 Å². The number of nitrogen functional groups attached to an aromatic ring is 1. The monoisotopic (exact) mass is 248 g/mol. The van der Waals surface area contributed by atoms with E-state index in [-0.39, 0.29) is 0 Å². The molecule has 0 aliphatic heterocycles. The molecule has 2 aromatic rings. The van der Waals surface area contributed by atoms with Crippen molar-refractivity contribution in [3.8, 4) is 0 Å². The van der Waals surface area contributed by atoms with E-state index >= 15 is 0 Å². The zero-order valence-electron chi connectivity index (χ0n) is 10.6. The number of nitrogens with one attached hydrogen (secondary N) is 2. The van der Waals surface area contributed by atoms with Crippen molar-refractivity contribution in [3.05, 3.63) is 28.7 Å². The summed E-state index contributed by atoms with van der Waals surface area (Å²) in [5.74, 6) is 0. The minimum Gasteiger partial charge on any atom is -0.399 e. The van der Waals surface area contributed by atoms with Gasteiger partial charge in [-0.1, -0.05) is 0 Å². The van der Waals surface area contributed by atoms with Gasteiger partial charge in [-0.15, -0.1) is 0 Å². The first-order chi connectivity index (χ1) is 8.28. The van der Waals surface area contributed by atoms with E-state index in [1.165, 1.54) is 0 Å². The second-order valence-corrected chi connectivity index (χ2v) is 5.22. The van der Waals surface area contributed by atoms with Crippen LogP contribution < -0.4 is 16.7 Å². The standard InChI is InChI=1S/C12H16N4O2/c1-12(2,3)15-11(18)16-9-6-7(13)4-5-8(9)14-10(16)17/h4-6H,13H2,1-3H3,(H,14,17)(H,15,18). The highest BCUT2D eigenvalue weighted by Crippen LogP contribution is 2.14. The molecule has 0 atom stereocenters. The van der Waals surface area contributed by atoms with Crippen LogP contribution in [0, 0.1) is 0 Å². The molecule has 0 aliphatic carbocycles. The number of benzene rings is 1. The van der Waals surface area contributed by atoms with Crippen molar-refractivity contribution in [2.75, 3.05) is 5.73 Å². The highest BCUT2D eigenvalue weighted by molar-refractivity contribution is 5.90. The molecule has 1 aromatic heterocycles. The Morgan fingerprint density at radius 3 is 2.67 bits per heavy atom. The van der Waals surface area contributed by atoms with Gasteiger partial charge in [-0.05, 0) is 39.0 Å². The van der Waals surface area contributed by atoms with Crippen molar-refractivity contribution in [3.63, 3.8) is 0 Å². The maximum atomic E-state index is 12.1. The van der Waals surface area contributed by atoms with Crippen molar-refractivity contribution < 1.29 is 4.79 Å². The lowest BCUT2D eigenvalue weighted by molar-refractivity contribution is 0.233. The number of carbonyl (C=O) groups is 1. The van der Waals surface area contributed by atoms with E-state index in [0.717, 1.165) is 4.57 Å². The van der Waals surface area contributed by atoms with E-state index in [1.807, 2.05) is 20.8 Å². The zero-order valence-corrected chi connectivity index (χ0v) is 10.6. The van der Waals surface area contributed by atoms with E-state index in [4.69, 9.17) is 5.73 Å². The number of carbonyl (C=O) groups excluding carboxylic acids is 1. The SMILES string of the molecule is CC(C)(C)NC(=O)n1c(=O)[nH]c2ccc(N)cc21. The molecule has 96 valence electrons. The Hall–Kier alpha value is -2.24. The first kappa shape index (κ1) is 12.2. The van der Waals surface area contributed by atoms with Gasteiger partial charge in [0.1, 0.15) is 0 Å². The molecule has 1 aromatic carbocycles. The summed E-state index contributed by atoms with van der Waals surface area (Å²) < 4.78 is 1.05. The number of fused-ring (bicyclic) bond motifs is 1. The first-order valence-corrected chi connectivity index (χ1v) is 5.61. The third-order valence-corrected chi connectivity index (χ3v) is 2.39. The van der Waals surface area contributed by atoms with Crippen molar-refractivity contribution >= 4 is 22.8 Å². The normalized spacial score (nSPS) is 11.7. The molecule has 0 spiro atoms. The Balaban J connectivity index is 2.57. The van der Waals surface area contributed by atoms with Gasteiger partial charge in [-0.25, -0.2) is 14.2 Å². The van der Waals surface area contributed by atoms with Gasteiger partial charge in [0, 0.05) is 11.2 Å². The molecular formula is C12H16N4O2. The lowest BCUT2D eigenvalue weighted by Gasteiger charge is -2.20. The fourth-order valence-electron chi connectivity index (χ4n) is 1.70. The van der Waals surface area contributed by atoms with E-state index in [9.17, 15) is 9.59 Å². The number of H-pyrrole nitrogens is 1. The quantitative estimate of drug-likeness (QED) is 0.613. The highest BCUT2D eigenvalue weighted by Gasteiger charge is 2.19. The number of anilines is 1. The molecular weight excluding hydrogens is 232 g/mol. The van der Waals surface area contributed by atoms with Crippen LogP contribution in [0.5, 0.6) is 0 Å². The lowest BCUT2D eigenvalue weighted by atomic mass is 10.1. The molecule has 1 heterocycles. The molecule has 0 unspecified atom stereocenters. The molecule has 6 heteroatoms. The number of aromatic nitrogens is 2. The molecule has 2 rings (SSSR count). The predicted octanol–water partition coefficient (Wildman–Crippen LogP) is 1.27. The van der Waals surface area contributed by atoms with Crippen LogP contribution in [-0.4, -0.2) is 21.1 Å².